The van der Waals surface area contributed by atoms with Crippen LogP contribution in [0.5, 0.6) is 0 Å². The van der Waals surface area contributed by atoms with Gasteiger partial charge in [-0.05, 0) is 18.2 Å². The topological polar surface area (TPSA) is 55.1 Å². The van der Waals surface area contributed by atoms with E-state index >= 15 is 0 Å². The van der Waals surface area contributed by atoms with Crippen LogP contribution in [-0.2, 0) is 0 Å². The summed E-state index contributed by atoms with van der Waals surface area (Å²) in [4.78, 5) is 14.6. The Kier molecular flexibility index (Phi) is 2.02. The van der Waals surface area contributed by atoms with E-state index in [2.05, 4.69) is 4.98 Å². The molecule has 0 atom stereocenters. The standard InChI is InChI=1S/C10H8N2O2/c13-10(14)8-3-5-12(7-8)9-2-1-4-11-6-9/h1-7H,(H,13,14). The first-order chi connectivity index (χ1) is 6.77. The Labute approximate surface area is 80.4 Å². The molecule has 70 valence electrons. The number of aromatic carboxylic acids is 1. The lowest BCUT2D eigenvalue weighted by molar-refractivity contribution is 0.0697. The average Bonchev–Trinajstić information content (AvgIpc) is 2.68. The Morgan fingerprint density at radius 1 is 1.43 bits per heavy atom. The largest absolute Gasteiger partial charge is 0.478 e. The van der Waals surface area contributed by atoms with E-state index in [1.165, 1.54) is 0 Å². The van der Waals surface area contributed by atoms with Crippen LogP contribution in [0, 0.1) is 0 Å². The van der Waals surface area contributed by atoms with Gasteiger partial charge in [-0.3, -0.25) is 4.98 Å². The zero-order valence-electron chi connectivity index (χ0n) is 7.29. The highest BCUT2D eigenvalue weighted by atomic mass is 16.4. The quantitative estimate of drug-likeness (QED) is 0.778. The van der Waals surface area contributed by atoms with E-state index in [0.29, 0.717) is 0 Å². The van der Waals surface area contributed by atoms with Crippen molar-refractivity contribution in [2.24, 2.45) is 0 Å². The number of carbonyl (C=O) groups is 1. The molecule has 0 aliphatic carbocycles. The van der Waals surface area contributed by atoms with Crippen molar-refractivity contribution in [3.8, 4) is 5.69 Å². The van der Waals surface area contributed by atoms with Crippen LogP contribution < -0.4 is 0 Å². The lowest BCUT2D eigenvalue weighted by atomic mass is 10.3. The summed E-state index contributed by atoms with van der Waals surface area (Å²) in [6.45, 7) is 0. The van der Waals surface area contributed by atoms with Crippen LogP contribution in [0.4, 0.5) is 0 Å². The Morgan fingerprint density at radius 3 is 2.86 bits per heavy atom. The first kappa shape index (κ1) is 8.50. The zero-order chi connectivity index (χ0) is 9.97. The van der Waals surface area contributed by atoms with Crippen molar-refractivity contribution in [1.82, 2.24) is 9.55 Å². The highest BCUT2D eigenvalue weighted by Crippen LogP contribution is 2.08. The molecule has 0 unspecified atom stereocenters. The van der Waals surface area contributed by atoms with E-state index in [9.17, 15) is 4.79 Å². The van der Waals surface area contributed by atoms with Gasteiger partial charge >= 0.3 is 5.97 Å². The number of pyridine rings is 1. The molecule has 4 heteroatoms. The fourth-order valence-electron chi connectivity index (χ4n) is 1.19. The fraction of sp³-hybridized carbons (Fsp3) is 0. The molecule has 0 saturated heterocycles. The Bertz CT molecular complexity index is 448. The zero-order valence-corrected chi connectivity index (χ0v) is 7.29. The van der Waals surface area contributed by atoms with Crippen molar-refractivity contribution >= 4 is 5.97 Å². The van der Waals surface area contributed by atoms with E-state index in [4.69, 9.17) is 5.11 Å². The van der Waals surface area contributed by atoms with Crippen LogP contribution >= 0.6 is 0 Å². The number of nitrogens with zero attached hydrogens (tertiary/aromatic N) is 2. The number of rotatable bonds is 2. The molecule has 4 nitrogen and oxygen atoms in total. The third-order valence-electron chi connectivity index (χ3n) is 1.88. The molecule has 2 heterocycles. The summed E-state index contributed by atoms with van der Waals surface area (Å²) >= 11 is 0. The molecule has 0 saturated carbocycles. The summed E-state index contributed by atoms with van der Waals surface area (Å²) < 4.78 is 1.72. The molecule has 0 fully saturated rings. The first-order valence-corrected chi connectivity index (χ1v) is 4.09. The lowest BCUT2D eigenvalue weighted by Crippen LogP contribution is -1.94. The van der Waals surface area contributed by atoms with E-state index < -0.39 is 5.97 Å². The van der Waals surface area contributed by atoms with Crippen molar-refractivity contribution < 1.29 is 9.90 Å². The van der Waals surface area contributed by atoms with Crippen molar-refractivity contribution in [2.45, 2.75) is 0 Å². The summed E-state index contributed by atoms with van der Waals surface area (Å²) in [6.07, 6.45) is 6.59. The number of carboxylic acid groups (broad SMARTS) is 1. The fourth-order valence-corrected chi connectivity index (χ4v) is 1.19. The predicted octanol–water partition coefficient (Wildman–Crippen LogP) is 1.57. The molecular weight excluding hydrogens is 180 g/mol. The molecular formula is C10H8N2O2. The van der Waals surface area contributed by atoms with Gasteiger partial charge in [0, 0.05) is 18.6 Å². The van der Waals surface area contributed by atoms with E-state index in [1.807, 2.05) is 6.07 Å². The second-order valence-corrected chi connectivity index (χ2v) is 2.82. The van der Waals surface area contributed by atoms with Crippen LogP contribution in [0.1, 0.15) is 10.4 Å². The van der Waals surface area contributed by atoms with E-state index in [0.717, 1.165) is 5.69 Å². The highest BCUT2D eigenvalue weighted by Gasteiger charge is 2.04. The normalized spacial score (nSPS) is 10.0. The minimum atomic E-state index is -0.923. The van der Waals surface area contributed by atoms with Crippen LogP contribution in [0.15, 0.2) is 43.0 Å². The molecule has 0 aliphatic heterocycles. The molecule has 2 rings (SSSR count). The third-order valence-corrected chi connectivity index (χ3v) is 1.88. The second-order valence-electron chi connectivity index (χ2n) is 2.82. The molecule has 0 bridgehead atoms. The van der Waals surface area contributed by atoms with Gasteiger partial charge in [0.1, 0.15) is 0 Å². The predicted molar refractivity (Wildman–Crippen MR) is 50.5 cm³/mol. The molecule has 2 aromatic heterocycles. The molecule has 0 spiro atoms. The minimum absolute atomic E-state index is 0.272. The van der Waals surface area contributed by atoms with Crippen LogP contribution in [0.2, 0.25) is 0 Å². The minimum Gasteiger partial charge on any atom is -0.478 e. The SMILES string of the molecule is O=C(O)c1ccn(-c2cccnc2)c1. The summed E-state index contributed by atoms with van der Waals surface area (Å²) in [6, 6.07) is 5.21. The summed E-state index contributed by atoms with van der Waals surface area (Å²) in [5, 5.41) is 8.72. The van der Waals surface area contributed by atoms with Crippen molar-refractivity contribution in [2.75, 3.05) is 0 Å². The lowest BCUT2D eigenvalue weighted by Gasteiger charge is -1.99. The van der Waals surface area contributed by atoms with Crippen LogP contribution in [0.3, 0.4) is 0 Å². The highest BCUT2D eigenvalue weighted by molar-refractivity contribution is 5.87. The van der Waals surface area contributed by atoms with Gasteiger partial charge in [-0.1, -0.05) is 0 Å². The maximum atomic E-state index is 10.6. The molecule has 0 radical (unpaired) electrons. The van der Waals surface area contributed by atoms with Gasteiger partial charge in [-0.15, -0.1) is 0 Å². The van der Waals surface area contributed by atoms with Crippen molar-refractivity contribution in [3.05, 3.63) is 48.5 Å². The third kappa shape index (κ3) is 1.50. The summed E-state index contributed by atoms with van der Waals surface area (Å²) in [5.41, 5.74) is 1.12. The molecule has 2 aromatic rings. The van der Waals surface area contributed by atoms with Crippen LogP contribution in [0.25, 0.3) is 5.69 Å². The number of aromatic nitrogens is 2. The summed E-state index contributed by atoms with van der Waals surface area (Å²) in [5.74, 6) is -0.923. The number of hydrogen-bond donors (Lipinski definition) is 1. The smallest absolute Gasteiger partial charge is 0.337 e. The maximum Gasteiger partial charge on any atom is 0.337 e. The summed E-state index contributed by atoms with van der Waals surface area (Å²) in [7, 11) is 0. The van der Waals surface area contributed by atoms with Gasteiger partial charge in [0.2, 0.25) is 0 Å². The van der Waals surface area contributed by atoms with Gasteiger partial charge in [-0.2, -0.15) is 0 Å². The molecule has 14 heavy (non-hydrogen) atoms. The molecule has 0 aliphatic rings. The Morgan fingerprint density at radius 2 is 2.29 bits per heavy atom. The van der Waals surface area contributed by atoms with Gasteiger partial charge in [0.05, 0.1) is 17.4 Å². The second kappa shape index (κ2) is 3.33. The van der Waals surface area contributed by atoms with E-state index in [-0.39, 0.29) is 5.56 Å². The molecule has 0 amide bonds. The first-order valence-electron chi connectivity index (χ1n) is 4.09. The Balaban J connectivity index is 2.39. The van der Waals surface area contributed by atoms with Crippen LogP contribution in [-0.4, -0.2) is 20.6 Å². The van der Waals surface area contributed by atoms with Gasteiger partial charge in [0.25, 0.3) is 0 Å². The maximum absolute atomic E-state index is 10.6. The monoisotopic (exact) mass is 188 g/mol. The molecule has 1 N–H and O–H groups in total. The van der Waals surface area contributed by atoms with Gasteiger partial charge < -0.3 is 9.67 Å². The number of carboxylic acids is 1. The van der Waals surface area contributed by atoms with Crippen molar-refractivity contribution in [1.29, 1.82) is 0 Å². The van der Waals surface area contributed by atoms with Gasteiger partial charge in [0.15, 0.2) is 0 Å². The van der Waals surface area contributed by atoms with Gasteiger partial charge in [-0.25, -0.2) is 4.79 Å². The molecule has 0 aromatic carbocycles. The Hall–Kier alpha value is -2.10. The van der Waals surface area contributed by atoms with E-state index in [1.54, 1.807) is 41.5 Å². The number of hydrogen-bond acceptors (Lipinski definition) is 2. The van der Waals surface area contributed by atoms with Crippen molar-refractivity contribution in [3.63, 3.8) is 0 Å². The average molecular weight is 188 g/mol.